The zero-order chi connectivity index (χ0) is 18.0. The molecule has 6 nitrogen and oxygen atoms in total. The second-order valence-electron chi connectivity index (χ2n) is 5.60. The number of nitrogens with zero attached hydrogens (tertiary/aromatic N) is 1. The van der Waals surface area contributed by atoms with E-state index in [1.165, 1.54) is 0 Å². The molecule has 0 fully saturated rings. The number of carbonyl (C=O) groups is 1. The predicted molar refractivity (Wildman–Crippen MR) is 84.4 cm³/mol. The fourth-order valence-corrected chi connectivity index (χ4v) is 2.78. The minimum absolute atomic E-state index is 0.411. The summed E-state index contributed by atoms with van der Waals surface area (Å²) < 4.78 is 32.3. The van der Waals surface area contributed by atoms with E-state index in [1.807, 2.05) is 0 Å². The normalized spacial score (nSPS) is 16.3. The lowest BCUT2D eigenvalue weighted by Crippen LogP contribution is -2.29. The smallest absolute Gasteiger partial charge is 0.285 e. The molecular formula is C17H14F2N2O4. The van der Waals surface area contributed by atoms with Crippen LogP contribution in [0.2, 0.25) is 0 Å². The second kappa shape index (κ2) is 6.84. The molecule has 0 spiro atoms. The lowest BCUT2D eigenvalue weighted by Gasteiger charge is -2.18. The molecule has 2 aromatic rings. The van der Waals surface area contributed by atoms with Gasteiger partial charge in [0.2, 0.25) is 0 Å². The lowest BCUT2D eigenvalue weighted by atomic mass is 10.0. The minimum atomic E-state index is -1.38. The van der Waals surface area contributed by atoms with Gasteiger partial charge >= 0.3 is 0 Å². The van der Waals surface area contributed by atoms with Crippen LogP contribution in [0.3, 0.4) is 0 Å². The van der Waals surface area contributed by atoms with Gasteiger partial charge in [-0.05, 0) is 25.0 Å². The van der Waals surface area contributed by atoms with Crippen LogP contribution in [0.1, 0.15) is 34.8 Å². The van der Waals surface area contributed by atoms with Crippen molar-refractivity contribution in [1.29, 1.82) is 0 Å². The zero-order valence-corrected chi connectivity index (χ0v) is 13.0. The molecule has 1 N–H and O–H groups in total. The van der Waals surface area contributed by atoms with E-state index in [9.17, 15) is 23.7 Å². The Kier molecular flexibility index (Phi) is 4.60. The largest absolute Gasteiger partial charge is 0.493 e. The first-order valence-electron chi connectivity index (χ1n) is 7.63. The summed E-state index contributed by atoms with van der Waals surface area (Å²) in [5.74, 6) is -2.92. The van der Waals surface area contributed by atoms with Crippen molar-refractivity contribution >= 4 is 11.6 Å². The summed E-state index contributed by atoms with van der Waals surface area (Å²) in [6, 6.07) is 7.64. The van der Waals surface area contributed by atoms with E-state index in [2.05, 4.69) is 5.32 Å². The van der Waals surface area contributed by atoms with Gasteiger partial charge in [0.1, 0.15) is 11.3 Å². The van der Waals surface area contributed by atoms with Gasteiger partial charge in [-0.15, -0.1) is 0 Å². The lowest BCUT2D eigenvalue weighted by molar-refractivity contribution is -0.385. The maximum absolute atomic E-state index is 13.5. The van der Waals surface area contributed by atoms with E-state index in [-0.39, 0.29) is 0 Å². The zero-order valence-electron chi connectivity index (χ0n) is 13.0. The minimum Gasteiger partial charge on any atom is -0.493 e. The maximum atomic E-state index is 13.5. The number of amides is 1. The number of hydrogen-bond acceptors (Lipinski definition) is 4. The number of nitrogens with one attached hydrogen (secondary N) is 1. The van der Waals surface area contributed by atoms with Crippen LogP contribution in [0.5, 0.6) is 5.75 Å². The third-order valence-electron chi connectivity index (χ3n) is 3.97. The second-order valence-corrected chi connectivity index (χ2v) is 5.60. The molecule has 1 amide bonds. The van der Waals surface area contributed by atoms with Crippen LogP contribution in [0.25, 0.3) is 0 Å². The summed E-state index contributed by atoms with van der Waals surface area (Å²) in [4.78, 5) is 22.6. The van der Waals surface area contributed by atoms with E-state index in [4.69, 9.17) is 4.74 Å². The predicted octanol–water partition coefficient (Wildman–Crippen LogP) is 3.52. The van der Waals surface area contributed by atoms with E-state index >= 15 is 0 Å². The third kappa shape index (κ3) is 3.42. The first-order valence-corrected chi connectivity index (χ1v) is 7.63. The van der Waals surface area contributed by atoms with Crippen LogP contribution in [0.4, 0.5) is 14.5 Å². The Morgan fingerprint density at radius 3 is 2.72 bits per heavy atom. The Labute approximate surface area is 141 Å². The van der Waals surface area contributed by atoms with Gasteiger partial charge in [-0.1, -0.05) is 18.2 Å². The van der Waals surface area contributed by atoms with Crippen molar-refractivity contribution in [2.45, 2.75) is 18.9 Å². The summed E-state index contributed by atoms with van der Waals surface area (Å²) in [5, 5.41) is 13.7. The monoisotopic (exact) mass is 348 g/mol. The average Bonchev–Trinajstić information content (AvgIpc) is 2.79. The molecule has 0 saturated heterocycles. The molecule has 1 heterocycles. The van der Waals surface area contributed by atoms with E-state index in [0.29, 0.717) is 37.3 Å². The van der Waals surface area contributed by atoms with E-state index in [0.717, 1.165) is 5.56 Å². The number of halogens is 2. The van der Waals surface area contributed by atoms with Gasteiger partial charge in [-0.25, -0.2) is 8.78 Å². The van der Waals surface area contributed by atoms with E-state index in [1.54, 1.807) is 24.3 Å². The Morgan fingerprint density at radius 2 is 1.96 bits per heavy atom. The van der Waals surface area contributed by atoms with Gasteiger partial charge in [-0.3, -0.25) is 14.9 Å². The molecule has 0 aliphatic carbocycles. The number of nitro groups is 1. The number of benzene rings is 2. The highest BCUT2D eigenvalue weighted by Gasteiger charge is 2.27. The highest BCUT2D eigenvalue weighted by Crippen LogP contribution is 2.32. The SMILES string of the molecule is O=C(N[C@@H]1CCCOc2ccccc21)c1cc(F)c(F)cc1[N+](=O)[O-]. The number of ether oxygens (including phenoxy) is 1. The number of nitro benzene ring substituents is 1. The molecule has 25 heavy (non-hydrogen) atoms. The molecule has 1 atom stereocenters. The fourth-order valence-electron chi connectivity index (χ4n) is 2.78. The van der Waals surface area contributed by atoms with Gasteiger partial charge in [0.05, 0.1) is 23.6 Å². The number of fused-ring (bicyclic) bond motifs is 1. The van der Waals surface area contributed by atoms with Gasteiger partial charge in [0.25, 0.3) is 11.6 Å². The van der Waals surface area contributed by atoms with E-state index < -0.39 is 39.8 Å². The molecular weight excluding hydrogens is 334 g/mol. The van der Waals surface area contributed by atoms with Crippen LogP contribution in [0.15, 0.2) is 36.4 Å². The fraction of sp³-hybridized carbons (Fsp3) is 0.235. The topological polar surface area (TPSA) is 81.5 Å². The molecule has 1 aliphatic heterocycles. The van der Waals surface area contributed by atoms with Crippen LogP contribution >= 0.6 is 0 Å². The van der Waals surface area contributed by atoms with Crippen molar-refractivity contribution in [2.24, 2.45) is 0 Å². The first kappa shape index (κ1) is 16.8. The summed E-state index contributed by atoms with van der Waals surface area (Å²) in [7, 11) is 0. The molecule has 2 aromatic carbocycles. The molecule has 1 aliphatic rings. The molecule has 0 radical (unpaired) electrons. The molecule has 0 unspecified atom stereocenters. The van der Waals surface area contributed by atoms with Crippen molar-refractivity contribution in [3.8, 4) is 5.75 Å². The number of hydrogen-bond donors (Lipinski definition) is 1. The highest BCUT2D eigenvalue weighted by molar-refractivity contribution is 5.98. The quantitative estimate of drug-likeness (QED) is 0.680. The van der Waals surface area contributed by atoms with Gasteiger partial charge in [-0.2, -0.15) is 0 Å². The van der Waals surface area contributed by atoms with Crippen molar-refractivity contribution in [2.75, 3.05) is 6.61 Å². The Balaban J connectivity index is 1.93. The number of carbonyl (C=O) groups excluding carboxylic acids is 1. The Hall–Kier alpha value is -3.03. The van der Waals surface area contributed by atoms with Crippen molar-refractivity contribution in [3.05, 3.63) is 69.3 Å². The molecule has 3 rings (SSSR count). The first-order chi connectivity index (χ1) is 12.0. The van der Waals surface area contributed by atoms with Crippen LogP contribution in [-0.4, -0.2) is 17.4 Å². The van der Waals surface area contributed by atoms with Crippen molar-refractivity contribution in [1.82, 2.24) is 5.32 Å². The summed E-state index contributed by atoms with van der Waals surface area (Å²) in [6.07, 6.45) is 1.22. The van der Waals surface area contributed by atoms with Gasteiger partial charge in [0.15, 0.2) is 11.6 Å². The van der Waals surface area contributed by atoms with Gasteiger partial charge in [0, 0.05) is 5.56 Å². The summed E-state index contributed by atoms with van der Waals surface area (Å²) in [5.41, 5.74) is -0.570. The van der Waals surface area contributed by atoms with Crippen molar-refractivity contribution < 1.29 is 23.2 Å². The van der Waals surface area contributed by atoms with Crippen LogP contribution in [0, 0.1) is 21.7 Å². The van der Waals surface area contributed by atoms with Crippen molar-refractivity contribution in [3.63, 3.8) is 0 Å². The van der Waals surface area contributed by atoms with Crippen LogP contribution < -0.4 is 10.1 Å². The Bertz CT molecular complexity index is 841. The molecule has 0 saturated carbocycles. The van der Waals surface area contributed by atoms with Crippen LogP contribution in [-0.2, 0) is 0 Å². The standard InChI is InChI=1S/C17H14F2N2O4/c18-12-8-11(15(21(23)24)9-13(12)19)17(22)20-14-5-3-7-25-16-6-2-1-4-10(14)16/h1-2,4,6,8-9,14H,3,5,7H2,(H,20,22)/t14-/m1/s1. The summed E-state index contributed by atoms with van der Waals surface area (Å²) >= 11 is 0. The average molecular weight is 348 g/mol. The maximum Gasteiger partial charge on any atom is 0.285 e. The number of para-hydroxylation sites is 1. The molecule has 0 bridgehead atoms. The third-order valence-corrected chi connectivity index (χ3v) is 3.97. The molecule has 8 heteroatoms. The highest BCUT2D eigenvalue weighted by atomic mass is 19.2. The Morgan fingerprint density at radius 1 is 1.24 bits per heavy atom. The number of rotatable bonds is 3. The molecule has 130 valence electrons. The summed E-state index contributed by atoms with van der Waals surface area (Å²) in [6.45, 7) is 0.481. The molecule has 0 aromatic heterocycles. The van der Waals surface area contributed by atoms with Gasteiger partial charge < -0.3 is 10.1 Å².